The van der Waals surface area contributed by atoms with Gasteiger partial charge < -0.3 is 0 Å². The summed E-state index contributed by atoms with van der Waals surface area (Å²) < 4.78 is 0. The van der Waals surface area contributed by atoms with E-state index in [0.29, 0.717) is 11.8 Å². The Morgan fingerprint density at radius 1 is 0.864 bits per heavy atom. The van der Waals surface area contributed by atoms with Crippen LogP contribution in [-0.4, -0.2) is 0 Å². The lowest BCUT2D eigenvalue weighted by atomic mass is 9.82. The van der Waals surface area contributed by atoms with Gasteiger partial charge in [-0.3, -0.25) is 0 Å². The summed E-state index contributed by atoms with van der Waals surface area (Å²) in [4.78, 5) is 0. The molecule has 0 aliphatic carbocycles. The summed E-state index contributed by atoms with van der Waals surface area (Å²) in [6, 6.07) is 13.7. The molecule has 0 heterocycles. The molecule has 0 saturated heterocycles. The van der Waals surface area contributed by atoms with Gasteiger partial charge in [0.05, 0.1) is 0 Å². The highest BCUT2D eigenvalue weighted by Crippen LogP contribution is 2.34. The van der Waals surface area contributed by atoms with Crippen molar-refractivity contribution < 1.29 is 0 Å². The molecule has 0 amide bonds. The van der Waals surface area contributed by atoms with Crippen LogP contribution in [0.4, 0.5) is 0 Å². The molecule has 0 N–H and O–H groups in total. The second-order valence-electron chi connectivity index (χ2n) is 6.65. The van der Waals surface area contributed by atoms with Crippen LogP contribution in [0.2, 0.25) is 0 Å². The predicted octanol–water partition coefficient (Wildman–Crippen LogP) is 6.53. The van der Waals surface area contributed by atoms with Gasteiger partial charge in [0.2, 0.25) is 0 Å². The van der Waals surface area contributed by atoms with E-state index >= 15 is 0 Å². The second kappa shape index (κ2) is 7.13. The number of hydrogen-bond acceptors (Lipinski definition) is 0. The highest BCUT2D eigenvalue weighted by atomic mass is 14.2. The zero-order valence-electron chi connectivity index (χ0n) is 15.0. The van der Waals surface area contributed by atoms with E-state index in [1.165, 1.54) is 39.8 Å². The maximum Gasteiger partial charge on any atom is 0.00665 e. The number of hydrogen-bond donors (Lipinski definition) is 0. The van der Waals surface area contributed by atoms with E-state index in [2.05, 4.69) is 77.9 Å². The fourth-order valence-corrected chi connectivity index (χ4v) is 3.54. The molecule has 0 fully saturated rings. The molecule has 0 aromatic heterocycles. The van der Waals surface area contributed by atoms with E-state index in [-0.39, 0.29) is 0 Å². The Bertz CT molecular complexity index is 636. The van der Waals surface area contributed by atoms with Gasteiger partial charge in [-0.1, -0.05) is 69.7 Å². The first-order valence-corrected chi connectivity index (χ1v) is 8.68. The van der Waals surface area contributed by atoms with Crippen LogP contribution in [-0.2, 0) is 6.42 Å². The first-order valence-electron chi connectivity index (χ1n) is 8.68. The zero-order valence-corrected chi connectivity index (χ0v) is 15.0. The SMILES string of the molecule is CCc1ccccc1[C@H](C)c1cc(C)cc([C@H](C)CC)c1C. The third kappa shape index (κ3) is 3.27. The summed E-state index contributed by atoms with van der Waals surface area (Å²) in [6.45, 7) is 13.8. The van der Waals surface area contributed by atoms with Gasteiger partial charge in [-0.15, -0.1) is 0 Å². The molecular weight excluding hydrogens is 264 g/mol. The Kier molecular flexibility index (Phi) is 5.45. The summed E-state index contributed by atoms with van der Waals surface area (Å²) >= 11 is 0. The van der Waals surface area contributed by atoms with Gasteiger partial charge in [0.15, 0.2) is 0 Å². The number of benzene rings is 2. The summed E-state index contributed by atoms with van der Waals surface area (Å²) in [6.07, 6.45) is 2.30. The molecule has 2 aromatic carbocycles. The van der Waals surface area contributed by atoms with Gasteiger partial charge in [-0.25, -0.2) is 0 Å². The predicted molar refractivity (Wildman–Crippen MR) is 98.0 cm³/mol. The van der Waals surface area contributed by atoms with E-state index in [9.17, 15) is 0 Å². The van der Waals surface area contributed by atoms with Gasteiger partial charge in [0.1, 0.15) is 0 Å². The minimum absolute atomic E-state index is 0.457. The van der Waals surface area contributed by atoms with Crippen LogP contribution in [0.15, 0.2) is 36.4 Å². The lowest BCUT2D eigenvalue weighted by Crippen LogP contribution is -2.06. The molecule has 118 valence electrons. The van der Waals surface area contributed by atoms with Gasteiger partial charge in [0.25, 0.3) is 0 Å². The molecule has 2 rings (SSSR count). The molecule has 0 heteroatoms. The van der Waals surface area contributed by atoms with Gasteiger partial charge in [0, 0.05) is 5.92 Å². The second-order valence-corrected chi connectivity index (χ2v) is 6.65. The lowest BCUT2D eigenvalue weighted by molar-refractivity contribution is 0.722. The van der Waals surface area contributed by atoms with E-state index < -0.39 is 0 Å². The van der Waals surface area contributed by atoms with Crippen LogP contribution in [0.5, 0.6) is 0 Å². The molecule has 0 spiro atoms. The standard InChI is InChI=1S/C22H30/c1-7-16(4)21-13-15(3)14-22(18(21)6)17(5)20-12-10-9-11-19(20)8-2/h9-14,16-17H,7-8H2,1-6H3/t16-,17+/m1/s1. The smallest absolute Gasteiger partial charge is 0.00665 e. The van der Waals surface area contributed by atoms with Crippen molar-refractivity contribution in [3.05, 3.63) is 69.8 Å². The Morgan fingerprint density at radius 3 is 2.14 bits per heavy atom. The van der Waals surface area contributed by atoms with Crippen molar-refractivity contribution in [2.45, 2.75) is 66.2 Å². The summed E-state index contributed by atoms with van der Waals surface area (Å²) in [7, 11) is 0. The first kappa shape index (κ1) is 16.8. The maximum absolute atomic E-state index is 2.39. The van der Waals surface area contributed by atoms with Gasteiger partial charge in [-0.2, -0.15) is 0 Å². The van der Waals surface area contributed by atoms with E-state index in [4.69, 9.17) is 0 Å². The maximum atomic E-state index is 2.39. The molecule has 2 aromatic rings. The van der Waals surface area contributed by atoms with Crippen LogP contribution in [0.3, 0.4) is 0 Å². The van der Waals surface area contributed by atoms with Gasteiger partial charge >= 0.3 is 0 Å². The lowest BCUT2D eigenvalue weighted by Gasteiger charge is -2.23. The largest absolute Gasteiger partial charge is 0.0648 e. The molecule has 2 atom stereocenters. The quantitative estimate of drug-likeness (QED) is 0.588. The molecule has 0 unspecified atom stereocenters. The van der Waals surface area contributed by atoms with Crippen molar-refractivity contribution in [1.29, 1.82) is 0 Å². The molecule has 0 aliphatic rings. The zero-order chi connectivity index (χ0) is 16.3. The van der Waals surface area contributed by atoms with Crippen molar-refractivity contribution in [2.75, 3.05) is 0 Å². The molecule has 0 bridgehead atoms. The summed E-state index contributed by atoms with van der Waals surface area (Å²) in [5, 5.41) is 0. The fraction of sp³-hybridized carbons (Fsp3) is 0.455. The molecule has 0 nitrogen and oxygen atoms in total. The topological polar surface area (TPSA) is 0 Å². The first-order chi connectivity index (χ1) is 10.5. The molecular formula is C22H30. The minimum atomic E-state index is 0.457. The van der Waals surface area contributed by atoms with Crippen LogP contribution >= 0.6 is 0 Å². The summed E-state index contributed by atoms with van der Waals surface area (Å²) in [5.74, 6) is 1.09. The number of rotatable bonds is 5. The van der Waals surface area contributed by atoms with Crippen molar-refractivity contribution >= 4 is 0 Å². The van der Waals surface area contributed by atoms with Gasteiger partial charge in [-0.05, 0) is 60.4 Å². The average Bonchev–Trinajstić information content (AvgIpc) is 2.55. The highest BCUT2D eigenvalue weighted by Gasteiger charge is 2.18. The molecule has 22 heavy (non-hydrogen) atoms. The van der Waals surface area contributed by atoms with Crippen LogP contribution in [0.25, 0.3) is 0 Å². The Labute approximate surface area is 136 Å². The van der Waals surface area contributed by atoms with Crippen molar-refractivity contribution in [3.63, 3.8) is 0 Å². The summed E-state index contributed by atoms with van der Waals surface area (Å²) in [5.41, 5.74) is 8.85. The van der Waals surface area contributed by atoms with E-state index in [0.717, 1.165) is 6.42 Å². The Balaban J connectivity index is 2.54. The van der Waals surface area contributed by atoms with Crippen molar-refractivity contribution in [1.82, 2.24) is 0 Å². The van der Waals surface area contributed by atoms with Crippen molar-refractivity contribution in [3.8, 4) is 0 Å². The van der Waals surface area contributed by atoms with Crippen LogP contribution in [0, 0.1) is 13.8 Å². The highest BCUT2D eigenvalue weighted by molar-refractivity contribution is 5.46. The van der Waals surface area contributed by atoms with Crippen LogP contribution < -0.4 is 0 Å². The normalized spacial score (nSPS) is 13.9. The Hall–Kier alpha value is -1.56. The monoisotopic (exact) mass is 294 g/mol. The van der Waals surface area contributed by atoms with E-state index in [1.807, 2.05) is 0 Å². The third-order valence-corrected chi connectivity index (χ3v) is 5.14. The third-order valence-electron chi connectivity index (χ3n) is 5.14. The molecule has 0 radical (unpaired) electrons. The number of aryl methyl sites for hydroxylation is 2. The molecule has 0 aliphatic heterocycles. The van der Waals surface area contributed by atoms with Crippen molar-refractivity contribution in [2.24, 2.45) is 0 Å². The fourth-order valence-electron chi connectivity index (χ4n) is 3.54. The average molecular weight is 294 g/mol. The molecule has 0 saturated carbocycles. The van der Waals surface area contributed by atoms with Crippen LogP contribution in [0.1, 0.15) is 79.3 Å². The van der Waals surface area contributed by atoms with E-state index in [1.54, 1.807) is 0 Å². The Morgan fingerprint density at radius 2 is 1.50 bits per heavy atom. The minimum Gasteiger partial charge on any atom is -0.0648 e.